The molecule has 0 spiro atoms. The summed E-state index contributed by atoms with van der Waals surface area (Å²) in [6.07, 6.45) is 1.59. The van der Waals surface area contributed by atoms with Crippen LogP contribution in [0.2, 0.25) is 5.02 Å². The minimum absolute atomic E-state index is 0.126. The van der Waals surface area contributed by atoms with Gasteiger partial charge >= 0.3 is 0 Å². The summed E-state index contributed by atoms with van der Waals surface area (Å²) in [7, 11) is 0. The zero-order chi connectivity index (χ0) is 27.2. The largest absolute Gasteiger partial charge is 0.492 e. The van der Waals surface area contributed by atoms with Crippen molar-refractivity contribution in [1.29, 1.82) is 0 Å². The third-order valence-electron chi connectivity index (χ3n) is 5.55. The summed E-state index contributed by atoms with van der Waals surface area (Å²) in [6.45, 7) is 3.91. The maximum atomic E-state index is 13.0. The molecule has 38 heavy (non-hydrogen) atoms. The third kappa shape index (κ3) is 7.18. The molecule has 0 aromatic heterocycles. The number of carbonyl (C=O) groups excluding carboxylic acids is 3. The normalized spacial score (nSPS) is 14.2. The molecule has 10 heteroatoms. The number of anilines is 1. The number of aryl methyl sites for hydroxylation is 2. The Morgan fingerprint density at radius 1 is 1.05 bits per heavy atom. The number of thioether (sulfide) groups is 1. The second kappa shape index (κ2) is 12.5. The fourth-order valence-corrected chi connectivity index (χ4v) is 4.91. The van der Waals surface area contributed by atoms with E-state index in [1.165, 1.54) is 0 Å². The number of benzene rings is 3. The van der Waals surface area contributed by atoms with Gasteiger partial charge in [0.15, 0.2) is 6.61 Å². The van der Waals surface area contributed by atoms with Gasteiger partial charge < -0.3 is 14.8 Å². The van der Waals surface area contributed by atoms with Crippen molar-refractivity contribution < 1.29 is 23.9 Å². The molecule has 1 N–H and O–H groups in total. The van der Waals surface area contributed by atoms with Crippen LogP contribution in [0.25, 0.3) is 6.08 Å². The van der Waals surface area contributed by atoms with Gasteiger partial charge in [-0.05, 0) is 79.7 Å². The molecule has 3 aromatic carbocycles. The quantitative estimate of drug-likeness (QED) is 0.265. The van der Waals surface area contributed by atoms with Gasteiger partial charge in [0.25, 0.3) is 17.1 Å². The van der Waals surface area contributed by atoms with Crippen LogP contribution in [-0.4, -0.2) is 41.7 Å². The van der Waals surface area contributed by atoms with Crippen LogP contribution in [0.15, 0.2) is 70.0 Å². The van der Waals surface area contributed by atoms with E-state index < -0.39 is 5.91 Å². The first-order valence-electron chi connectivity index (χ1n) is 11.6. The van der Waals surface area contributed by atoms with E-state index in [1.54, 1.807) is 36.4 Å². The van der Waals surface area contributed by atoms with Crippen molar-refractivity contribution in [2.45, 2.75) is 13.8 Å². The second-order valence-corrected chi connectivity index (χ2v) is 10.8. The lowest BCUT2D eigenvalue weighted by Crippen LogP contribution is -2.32. The molecule has 196 valence electrons. The molecule has 0 saturated carbocycles. The number of halogens is 2. The number of hydrogen-bond donors (Lipinski definition) is 1. The van der Waals surface area contributed by atoms with Gasteiger partial charge in [0.2, 0.25) is 0 Å². The molecule has 0 radical (unpaired) electrons. The van der Waals surface area contributed by atoms with E-state index in [1.807, 2.05) is 44.2 Å². The van der Waals surface area contributed by atoms with Gasteiger partial charge in [-0.1, -0.05) is 51.3 Å². The summed E-state index contributed by atoms with van der Waals surface area (Å²) in [5, 5.41) is 2.92. The molecular formula is C28H24BrClN2O5S. The molecule has 3 aromatic rings. The Balaban J connectivity index is 1.39. The number of ether oxygens (including phenoxy) is 2. The van der Waals surface area contributed by atoms with Crippen molar-refractivity contribution in [3.8, 4) is 11.5 Å². The van der Waals surface area contributed by atoms with Crippen LogP contribution in [0, 0.1) is 13.8 Å². The van der Waals surface area contributed by atoms with Crippen LogP contribution in [0.4, 0.5) is 10.5 Å². The number of nitrogens with one attached hydrogen (secondary N) is 1. The Bertz CT molecular complexity index is 1410. The zero-order valence-corrected chi connectivity index (χ0v) is 23.8. The molecule has 7 nitrogen and oxygen atoms in total. The van der Waals surface area contributed by atoms with Crippen molar-refractivity contribution >= 4 is 68.1 Å². The summed E-state index contributed by atoms with van der Waals surface area (Å²) in [6, 6.07) is 18.0. The van der Waals surface area contributed by atoms with Crippen LogP contribution in [0.1, 0.15) is 16.7 Å². The molecule has 0 bridgehead atoms. The lowest BCUT2D eigenvalue weighted by Gasteiger charge is -2.13. The minimum atomic E-state index is -0.410. The molecule has 0 unspecified atom stereocenters. The van der Waals surface area contributed by atoms with Crippen LogP contribution in [0.3, 0.4) is 0 Å². The average Bonchev–Trinajstić information content (AvgIpc) is 3.14. The molecule has 1 heterocycles. The predicted molar refractivity (Wildman–Crippen MR) is 154 cm³/mol. The highest BCUT2D eigenvalue weighted by atomic mass is 79.9. The first-order valence-corrected chi connectivity index (χ1v) is 13.6. The smallest absolute Gasteiger partial charge is 0.293 e. The zero-order valence-electron chi connectivity index (χ0n) is 20.6. The molecule has 0 aliphatic carbocycles. The molecule has 0 atom stereocenters. The van der Waals surface area contributed by atoms with E-state index in [9.17, 15) is 14.4 Å². The van der Waals surface area contributed by atoms with Crippen molar-refractivity contribution in [3.05, 3.63) is 91.8 Å². The van der Waals surface area contributed by atoms with Crippen LogP contribution < -0.4 is 14.8 Å². The van der Waals surface area contributed by atoms with Gasteiger partial charge in [0.1, 0.15) is 18.1 Å². The number of nitrogens with zero attached hydrogens (tertiary/aromatic N) is 1. The van der Waals surface area contributed by atoms with E-state index in [4.69, 9.17) is 21.1 Å². The van der Waals surface area contributed by atoms with E-state index >= 15 is 0 Å². The molecule has 1 aliphatic rings. The number of imide groups is 1. The molecule has 3 amide bonds. The Labute approximate surface area is 238 Å². The van der Waals surface area contributed by atoms with Gasteiger partial charge in [-0.3, -0.25) is 19.3 Å². The Kier molecular flexibility index (Phi) is 9.14. The first-order chi connectivity index (χ1) is 18.2. The fourth-order valence-electron chi connectivity index (χ4n) is 3.50. The van der Waals surface area contributed by atoms with Crippen LogP contribution >= 0.6 is 39.3 Å². The fraction of sp³-hybridized carbons (Fsp3) is 0.179. The van der Waals surface area contributed by atoms with Gasteiger partial charge in [-0.15, -0.1) is 0 Å². The second-order valence-electron chi connectivity index (χ2n) is 8.48. The molecular weight excluding hydrogens is 592 g/mol. The number of rotatable bonds is 9. The molecule has 1 aliphatic heterocycles. The van der Waals surface area contributed by atoms with Crippen LogP contribution in [-0.2, 0) is 9.59 Å². The number of amides is 3. The Morgan fingerprint density at radius 3 is 2.55 bits per heavy atom. The maximum Gasteiger partial charge on any atom is 0.293 e. The Morgan fingerprint density at radius 2 is 1.82 bits per heavy atom. The standard InChI is InChI=1S/C28H24BrClN2O5S/c1-17-3-8-22(9-4-17)36-12-11-32-27(34)25(38-28(32)35)14-19-13-20(29)6-10-24(19)37-16-26(33)31-21-7-5-18(2)23(30)15-21/h3-10,13-15H,11-12,16H2,1-2H3,(H,31,33)/b25-14-. The Hall–Kier alpha value is -3.27. The van der Waals surface area contributed by atoms with Gasteiger partial charge in [-0.2, -0.15) is 0 Å². The van der Waals surface area contributed by atoms with E-state index in [0.29, 0.717) is 27.8 Å². The lowest BCUT2D eigenvalue weighted by molar-refractivity contribution is -0.123. The number of hydrogen-bond acceptors (Lipinski definition) is 6. The maximum absolute atomic E-state index is 13.0. The van der Waals surface area contributed by atoms with Crippen molar-refractivity contribution in [2.24, 2.45) is 0 Å². The van der Waals surface area contributed by atoms with Gasteiger partial charge in [-0.25, -0.2) is 0 Å². The van der Waals surface area contributed by atoms with Crippen LogP contribution in [0.5, 0.6) is 11.5 Å². The third-order valence-corrected chi connectivity index (χ3v) is 7.36. The van der Waals surface area contributed by atoms with Gasteiger partial charge in [0.05, 0.1) is 11.4 Å². The average molecular weight is 616 g/mol. The minimum Gasteiger partial charge on any atom is -0.492 e. The highest BCUT2D eigenvalue weighted by molar-refractivity contribution is 9.10. The van der Waals surface area contributed by atoms with Crippen molar-refractivity contribution in [3.63, 3.8) is 0 Å². The van der Waals surface area contributed by atoms with Crippen molar-refractivity contribution in [2.75, 3.05) is 25.1 Å². The van der Waals surface area contributed by atoms with E-state index in [-0.39, 0.29) is 35.8 Å². The summed E-state index contributed by atoms with van der Waals surface area (Å²) in [5.74, 6) is 0.281. The summed E-state index contributed by atoms with van der Waals surface area (Å²) < 4.78 is 12.2. The van der Waals surface area contributed by atoms with E-state index in [2.05, 4.69) is 21.2 Å². The summed E-state index contributed by atoms with van der Waals surface area (Å²) in [4.78, 5) is 39.3. The molecule has 1 saturated heterocycles. The van der Waals surface area contributed by atoms with E-state index in [0.717, 1.165) is 32.3 Å². The predicted octanol–water partition coefficient (Wildman–Crippen LogP) is 6.85. The SMILES string of the molecule is Cc1ccc(OCCN2C(=O)S/C(=C\c3cc(Br)ccc3OCC(=O)Nc3ccc(C)c(Cl)c3)C2=O)cc1. The lowest BCUT2D eigenvalue weighted by atomic mass is 10.2. The molecule has 4 rings (SSSR count). The van der Waals surface area contributed by atoms with Crippen molar-refractivity contribution in [1.82, 2.24) is 4.90 Å². The monoisotopic (exact) mass is 614 g/mol. The number of carbonyl (C=O) groups is 3. The summed E-state index contributed by atoms with van der Waals surface area (Å²) >= 11 is 10.4. The topological polar surface area (TPSA) is 84.9 Å². The van der Waals surface area contributed by atoms with Gasteiger partial charge in [0, 0.05) is 20.7 Å². The molecule has 1 fully saturated rings. The first kappa shape index (κ1) is 27.8. The highest BCUT2D eigenvalue weighted by Crippen LogP contribution is 2.35. The highest BCUT2D eigenvalue weighted by Gasteiger charge is 2.35. The summed E-state index contributed by atoms with van der Waals surface area (Å²) in [5.41, 5.74) is 3.13.